The molecule has 0 spiro atoms. The molecule has 0 fully saturated rings. The second kappa shape index (κ2) is 6.76. The van der Waals surface area contributed by atoms with Crippen LogP contribution in [0, 0.1) is 6.92 Å². The zero-order valence-corrected chi connectivity index (χ0v) is 14.5. The van der Waals surface area contributed by atoms with E-state index in [0.29, 0.717) is 5.69 Å². The summed E-state index contributed by atoms with van der Waals surface area (Å²) in [6.45, 7) is 3.61. The van der Waals surface area contributed by atoms with Crippen LogP contribution >= 0.6 is 0 Å². The summed E-state index contributed by atoms with van der Waals surface area (Å²) in [5.41, 5.74) is 3.33. The fraction of sp³-hybridized carbons (Fsp3) is 0.211. The average Bonchev–Trinajstić information content (AvgIpc) is 2.97. The Bertz CT molecular complexity index is 946. The third-order valence-corrected chi connectivity index (χ3v) is 4.14. The van der Waals surface area contributed by atoms with Gasteiger partial charge in [0, 0.05) is 31.8 Å². The molecule has 0 radical (unpaired) electrons. The first kappa shape index (κ1) is 16.7. The number of fused-ring (bicyclic) bond motifs is 1. The van der Waals surface area contributed by atoms with Crippen molar-refractivity contribution in [1.82, 2.24) is 9.55 Å². The van der Waals surface area contributed by atoms with Gasteiger partial charge in [-0.2, -0.15) is 0 Å². The van der Waals surface area contributed by atoms with Gasteiger partial charge in [-0.25, -0.2) is 0 Å². The zero-order chi connectivity index (χ0) is 18.0. The van der Waals surface area contributed by atoms with Gasteiger partial charge in [0.2, 0.25) is 11.8 Å². The zero-order valence-electron chi connectivity index (χ0n) is 14.5. The number of benzene rings is 1. The maximum absolute atomic E-state index is 12.4. The second-order valence-electron chi connectivity index (χ2n) is 6.02. The van der Waals surface area contributed by atoms with E-state index in [1.165, 1.54) is 6.92 Å². The predicted molar refractivity (Wildman–Crippen MR) is 99.1 cm³/mol. The number of aryl methyl sites for hydroxylation is 1. The van der Waals surface area contributed by atoms with Crippen LogP contribution < -0.4 is 10.2 Å². The molecule has 0 aliphatic rings. The lowest BCUT2D eigenvalue weighted by Crippen LogP contribution is -2.30. The van der Waals surface area contributed by atoms with E-state index in [4.69, 9.17) is 0 Å². The fourth-order valence-electron chi connectivity index (χ4n) is 2.81. The quantitative estimate of drug-likeness (QED) is 0.795. The average molecular weight is 336 g/mol. The summed E-state index contributed by atoms with van der Waals surface area (Å²) in [5, 5.41) is 3.81. The molecule has 0 saturated heterocycles. The first-order chi connectivity index (χ1) is 12.0. The number of carbonyl (C=O) groups is 2. The van der Waals surface area contributed by atoms with Crippen molar-refractivity contribution in [3.05, 3.63) is 54.5 Å². The summed E-state index contributed by atoms with van der Waals surface area (Å²) in [6.07, 6.45) is 5.10. The third-order valence-electron chi connectivity index (χ3n) is 4.14. The van der Waals surface area contributed by atoms with Crippen LogP contribution in [0.2, 0.25) is 0 Å². The van der Waals surface area contributed by atoms with Crippen LogP contribution in [-0.2, 0) is 4.79 Å². The van der Waals surface area contributed by atoms with Gasteiger partial charge in [0.25, 0.3) is 0 Å². The highest BCUT2D eigenvalue weighted by molar-refractivity contribution is 6.01. The summed E-state index contributed by atoms with van der Waals surface area (Å²) in [7, 11) is 1.84. The summed E-state index contributed by atoms with van der Waals surface area (Å²) in [4.78, 5) is 30.1. The van der Waals surface area contributed by atoms with E-state index in [-0.39, 0.29) is 18.4 Å². The molecule has 2 heterocycles. The fourth-order valence-corrected chi connectivity index (χ4v) is 2.81. The van der Waals surface area contributed by atoms with Crippen molar-refractivity contribution in [2.75, 3.05) is 23.8 Å². The molecule has 6 nitrogen and oxygen atoms in total. The van der Waals surface area contributed by atoms with Gasteiger partial charge in [0.1, 0.15) is 0 Å². The van der Waals surface area contributed by atoms with Gasteiger partial charge in [-0.05, 0) is 24.6 Å². The molecular weight excluding hydrogens is 316 g/mol. The molecule has 2 aromatic heterocycles. The van der Waals surface area contributed by atoms with Gasteiger partial charge in [-0.15, -0.1) is 0 Å². The standard InChI is InChI=1S/C19H20N4O2/c1-13-8-9-20-10-16(13)21-19(25)12-22(3)18-11-23(14(2)24)17-7-5-4-6-15(17)18/h4-11H,12H2,1-3H3,(H,21,25). The highest BCUT2D eigenvalue weighted by Gasteiger charge is 2.16. The molecule has 1 aromatic carbocycles. The van der Waals surface area contributed by atoms with E-state index in [9.17, 15) is 9.59 Å². The minimum absolute atomic E-state index is 0.0636. The maximum atomic E-state index is 12.4. The Hall–Kier alpha value is -3.15. The van der Waals surface area contributed by atoms with E-state index in [2.05, 4.69) is 10.3 Å². The Kier molecular flexibility index (Phi) is 4.52. The first-order valence-electron chi connectivity index (χ1n) is 8.00. The van der Waals surface area contributed by atoms with Crippen LogP contribution in [0.5, 0.6) is 0 Å². The molecule has 3 rings (SSSR count). The Balaban J connectivity index is 1.83. The lowest BCUT2D eigenvalue weighted by atomic mass is 10.2. The minimum atomic E-state index is -0.141. The molecule has 128 valence electrons. The summed E-state index contributed by atoms with van der Waals surface area (Å²) >= 11 is 0. The van der Waals surface area contributed by atoms with Gasteiger partial charge in [0.15, 0.2) is 0 Å². The second-order valence-corrected chi connectivity index (χ2v) is 6.02. The molecule has 0 aliphatic heterocycles. The number of nitrogens with zero attached hydrogens (tertiary/aromatic N) is 3. The SMILES string of the molecule is CC(=O)n1cc(N(C)CC(=O)Nc2cnccc2C)c2ccccc21. The normalized spacial score (nSPS) is 10.7. The minimum Gasteiger partial charge on any atom is -0.364 e. The first-order valence-corrected chi connectivity index (χ1v) is 8.00. The van der Waals surface area contributed by atoms with Crippen molar-refractivity contribution in [3.63, 3.8) is 0 Å². The van der Waals surface area contributed by atoms with Crippen LogP contribution in [0.15, 0.2) is 48.9 Å². The molecule has 0 bridgehead atoms. The number of hydrogen-bond donors (Lipinski definition) is 1. The molecule has 3 aromatic rings. The van der Waals surface area contributed by atoms with Crippen molar-refractivity contribution >= 4 is 34.1 Å². The molecule has 0 unspecified atom stereocenters. The van der Waals surface area contributed by atoms with E-state index >= 15 is 0 Å². The summed E-state index contributed by atoms with van der Waals surface area (Å²) in [5.74, 6) is -0.204. The van der Waals surface area contributed by atoms with Crippen LogP contribution in [0.25, 0.3) is 10.9 Å². The molecular formula is C19H20N4O2. The summed E-state index contributed by atoms with van der Waals surface area (Å²) in [6, 6.07) is 9.50. The van der Waals surface area contributed by atoms with E-state index < -0.39 is 0 Å². The van der Waals surface area contributed by atoms with Crippen molar-refractivity contribution < 1.29 is 9.59 Å². The molecule has 0 saturated carbocycles. The summed E-state index contributed by atoms with van der Waals surface area (Å²) < 4.78 is 1.60. The van der Waals surface area contributed by atoms with Crippen LogP contribution in [-0.4, -0.2) is 35.0 Å². The Morgan fingerprint density at radius 2 is 2.00 bits per heavy atom. The lowest BCUT2D eigenvalue weighted by molar-refractivity contribution is -0.114. The number of anilines is 2. The maximum Gasteiger partial charge on any atom is 0.243 e. The molecule has 1 N–H and O–H groups in total. The monoisotopic (exact) mass is 336 g/mol. The number of aromatic nitrogens is 2. The number of likely N-dealkylation sites (N-methyl/N-ethyl adjacent to an activating group) is 1. The van der Waals surface area contributed by atoms with Crippen molar-refractivity contribution in [2.45, 2.75) is 13.8 Å². The number of hydrogen-bond acceptors (Lipinski definition) is 4. The van der Waals surface area contributed by atoms with Crippen molar-refractivity contribution in [2.24, 2.45) is 0 Å². The van der Waals surface area contributed by atoms with Crippen molar-refractivity contribution in [3.8, 4) is 0 Å². The van der Waals surface area contributed by atoms with Crippen LogP contribution in [0.1, 0.15) is 17.3 Å². The number of amides is 1. The molecule has 6 heteroatoms. The number of carbonyl (C=O) groups excluding carboxylic acids is 2. The molecule has 1 amide bonds. The Labute approximate surface area is 146 Å². The van der Waals surface area contributed by atoms with Gasteiger partial charge in [-0.1, -0.05) is 18.2 Å². The number of rotatable bonds is 4. The van der Waals surface area contributed by atoms with Gasteiger partial charge >= 0.3 is 0 Å². The number of nitrogens with one attached hydrogen (secondary N) is 1. The highest BCUT2D eigenvalue weighted by atomic mass is 16.2. The van der Waals surface area contributed by atoms with E-state index in [1.807, 2.05) is 49.2 Å². The van der Waals surface area contributed by atoms with Gasteiger partial charge in [-0.3, -0.25) is 19.1 Å². The largest absolute Gasteiger partial charge is 0.364 e. The highest BCUT2D eigenvalue weighted by Crippen LogP contribution is 2.28. The van der Waals surface area contributed by atoms with Gasteiger partial charge in [0.05, 0.1) is 29.6 Å². The number of pyridine rings is 1. The van der Waals surface area contributed by atoms with E-state index in [0.717, 1.165) is 22.2 Å². The van der Waals surface area contributed by atoms with Gasteiger partial charge < -0.3 is 10.2 Å². The van der Waals surface area contributed by atoms with E-state index in [1.54, 1.807) is 23.2 Å². The van der Waals surface area contributed by atoms with Crippen LogP contribution in [0.4, 0.5) is 11.4 Å². The molecule has 0 atom stereocenters. The Morgan fingerprint density at radius 3 is 2.72 bits per heavy atom. The third kappa shape index (κ3) is 3.38. The topological polar surface area (TPSA) is 67.2 Å². The number of para-hydroxylation sites is 1. The molecule has 25 heavy (non-hydrogen) atoms. The van der Waals surface area contributed by atoms with Crippen LogP contribution in [0.3, 0.4) is 0 Å². The van der Waals surface area contributed by atoms with Crippen molar-refractivity contribution in [1.29, 1.82) is 0 Å². The predicted octanol–water partition coefficient (Wildman–Crippen LogP) is 3.08. The smallest absolute Gasteiger partial charge is 0.243 e. The molecule has 0 aliphatic carbocycles. The Morgan fingerprint density at radius 1 is 1.24 bits per heavy atom. The lowest BCUT2D eigenvalue weighted by Gasteiger charge is -2.18.